The minimum atomic E-state index is -1.30. The van der Waals surface area contributed by atoms with Crippen molar-refractivity contribution >= 4 is 52.5 Å². The summed E-state index contributed by atoms with van der Waals surface area (Å²) in [5.41, 5.74) is 1.33. The Labute approximate surface area is 175 Å². The minimum absolute atomic E-state index is 0.0215. The SMILES string of the molecule is CSCCOC(=O)N(c1nc(Cl)c2[nH]cnc2n1)C(Cc1ccccc1)C(=O)O. The minimum Gasteiger partial charge on any atom is -0.480 e. The normalized spacial score (nSPS) is 11.9. The average Bonchev–Trinajstić information content (AvgIpc) is 3.18. The van der Waals surface area contributed by atoms with Crippen molar-refractivity contribution in [1.29, 1.82) is 0 Å². The molecule has 0 spiro atoms. The third kappa shape index (κ3) is 4.96. The van der Waals surface area contributed by atoms with E-state index in [1.807, 2.05) is 12.3 Å². The van der Waals surface area contributed by atoms with Crippen LogP contribution in [0.2, 0.25) is 5.15 Å². The molecule has 0 fully saturated rings. The fourth-order valence-electron chi connectivity index (χ4n) is 2.65. The van der Waals surface area contributed by atoms with Crippen molar-refractivity contribution in [2.24, 2.45) is 0 Å². The zero-order chi connectivity index (χ0) is 20.8. The second-order valence-corrected chi connectivity index (χ2v) is 7.28. The van der Waals surface area contributed by atoms with Crippen LogP contribution in [0.1, 0.15) is 5.56 Å². The smallest absolute Gasteiger partial charge is 0.417 e. The van der Waals surface area contributed by atoms with Crippen molar-refractivity contribution in [3.05, 3.63) is 47.4 Å². The van der Waals surface area contributed by atoms with Gasteiger partial charge in [-0.3, -0.25) is 0 Å². The number of hydrogen-bond acceptors (Lipinski definition) is 7. The summed E-state index contributed by atoms with van der Waals surface area (Å²) >= 11 is 7.67. The summed E-state index contributed by atoms with van der Waals surface area (Å²) in [6.07, 6.45) is 2.42. The van der Waals surface area contributed by atoms with E-state index >= 15 is 0 Å². The van der Waals surface area contributed by atoms with Gasteiger partial charge in [0.2, 0.25) is 5.95 Å². The van der Waals surface area contributed by atoms with Crippen LogP contribution in [0.15, 0.2) is 36.7 Å². The molecular weight excluding hydrogens is 418 g/mol. The zero-order valence-corrected chi connectivity index (χ0v) is 17.0. The maximum absolute atomic E-state index is 12.8. The number of hydrogen-bond donors (Lipinski definition) is 2. The van der Waals surface area contributed by atoms with Gasteiger partial charge in [0.05, 0.1) is 6.33 Å². The highest BCUT2D eigenvalue weighted by atomic mass is 35.5. The second-order valence-electron chi connectivity index (χ2n) is 5.94. The van der Waals surface area contributed by atoms with Crippen LogP contribution >= 0.6 is 23.4 Å². The van der Waals surface area contributed by atoms with E-state index in [9.17, 15) is 14.7 Å². The van der Waals surface area contributed by atoms with Gasteiger partial charge in [-0.25, -0.2) is 19.5 Å². The molecule has 2 heterocycles. The molecule has 0 bridgehead atoms. The Hall–Kier alpha value is -2.85. The largest absolute Gasteiger partial charge is 0.480 e. The molecule has 11 heteroatoms. The van der Waals surface area contributed by atoms with Crippen LogP contribution in [-0.2, 0) is 16.0 Å². The summed E-state index contributed by atoms with van der Waals surface area (Å²) in [7, 11) is 0. The maximum atomic E-state index is 12.8. The molecule has 0 saturated heterocycles. The number of rotatable bonds is 8. The Bertz CT molecular complexity index is 1000. The number of anilines is 1. The molecule has 3 rings (SSSR count). The van der Waals surface area contributed by atoms with Crippen LogP contribution < -0.4 is 4.90 Å². The van der Waals surface area contributed by atoms with Gasteiger partial charge < -0.3 is 14.8 Å². The molecule has 1 aromatic carbocycles. The number of fused-ring (bicyclic) bond motifs is 1. The molecule has 0 saturated carbocycles. The van der Waals surface area contributed by atoms with Crippen molar-refractivity contribution in [1.82, 2.24) is 19.9 Å². The third-order valence-electron chi connectivity index (χ3n) is 4.02. The molecule has 1 atom stereocenters. The molecule has 1 amide bonds. The van der Waals surface area contributed by atoms with E-state index < -0.39 is 18.1 Å². The van der Waals surface area contributed by atoms with E-state index in [0.717, 1.165) is 10.5 Å². The van der Waals surface area contributed by atoms with Crippen molar-refractivity contribution in [3.8, 4) is 0 Å². The molecule has 152 valence electrons. The van der Waals surface area contributed by atoms with E-state index in [4.69, 9.17) is 16.3 Å². The van der Waals surface area contributed by atoms with Crippen molar-refractivity contribution < 1.29 is 19.4 Å². The number of H-pyrrole nitrogens is 1. The molecule has 29 heavy (non-hydrogen) atoms. The Morgan fingerprint density at radius 2 is 2.07 bits per heavy atom. The summed E-state index contributed by atoms with van der Waals surface area (Å²) in [6.45, 7) is 0.118. The number of carboxylic acids is 1. The molecule has 0 aliphatic rings. The van der Waals surface area contributed by atoms with Crippen LogP contribution in [-0.4, -0.2) is 61.8 Å². The number of aromatic amines is 1. The van der Waals surface area contributed by atoms with Crippen LogP contribution in [0.3, 0.4) is 0 Å². The molecule has 0 aliphatic heterocycles. The van der Waals surface area contributed by atoms with E-state index in [2.05, 4.69) is 19.9 Å². The number of halogens is 1. The van der Waals surface area contributed by atoms with Crippen molar-refractivity contribution in [2.75, 3.05) is 23.5 Å². The Kier molecular flexibility index (Phi) is 6.89. The predicted molar refractivity (Wildman–Crippen MR) is 110 cm³/mol. The van der Waals surface area contributed by atoms with Gasteiger partial charge in [-0.05, 0) is 11.8 Å². The number of carbonyl (C=O) groups excluding carboxylic acids is 1. The quantitative estimate of drug-likeness (QED) is 0.409. The Morgan fingerprint density at radius 3 is 2.76 bits per heavy atom. The molecular formula is C18H18ClN5O4S. The average molecular weight is 436 g/mol. The number of carbonyl (C=O) groups is 2. The van der Waals surface area contributed by atoms with E-state index in [0.29, 0.717) is 11.3 Å². The van der Waals surface area contributed by atoms with Gasteiger partial charge >= 0.3 is 12.1 Å². The van der Waals surface area contributed by atoms with E-state index in [-0.39, 0.29) is 29.8 Å². The lowest BCUT2D eigenvalue weighted by Crippen LogP contribution is -2.48. The van der Waals surface area contributed by atoms with Crippen molar-refractivity contribution in [3.63, 3.8) is 0 Å². The Balaban J connectivity index is 2.01. The van der Waals surface area contributed by atoms with Crippen LogP contribution in [0.25, 0.3) is 11.2 Å². The fraction of sp³-hybridized carbons (Fsp3) is 0.278. The maximum Gasteiger partial charge on any atom is 0.417 e. The third-order valence-corrected chi connectivity index (χ3v) is 4.87. The highest BCUT2D eigenvalue weighted by molar-refractivity contribution is 7.98. The fourth-order valence-corrected chi connectivity index (χ4v) is 3.12. The number of nitrogens with zero attached hydrogens (tertiary/aromatic N) is 4. The van der Waals surface area contributed by atoms with Gasteiger partial charge in [0, 0.05) is 12.2 Å². The number of thioether (sulfide) groups is 1. The molecule has 0 radical (unpaired) electrons. The summed E-state index contributed by atoms with van der Waals surface area (Å²) in [5.74, 6) is -0.847. The van der Waals surface area contributed by atoms with Gasteiger partial charge in [0.15, 0.2) is 10.8 Å². The molecule has 0 aliphatic carbocycles. The highest BCUT2D eigenvalue weighted by Gasteiger charge is 2.35. The van der Waals surface area contributed by atoms with Gasteiger partial charge in [-0.1, -0.05) is 41.9 Å². The number of aliphatic carboxylic acids is 1. The standard InChI is InChI=1S/C18H18ClN5O4S/c1-29-8-7-28-18(27)24(12(16(25)26)9-11-5-3-2-4-6-11)17-22-14(19)13-15(23-17)21-10-20-13/h2-6,10,12H,7-9H2,1H3,(H,25,26)(H,20,21,22,23). The summed E-state index contributed by atoms with van der Waals surface area (Å²) in [5, 5.41) is 9.89. The second kappa shape index (κ2) is 9.57. The first-order valence-corrected chi connectivity index (χ1v) is 10.4. The number of amides is 1. The first-order valence-electron chi connectivity index (χ1n) is 8.59. The zero-order valence-electron chi connectivity index (χ0n) is 15.4. The topological polar surface area (TPSA) is 121 Å². The molecule has 1 unspecified atom stereocenters. The van der Waals surface area contributed by atoms with Gasteiger partial charge in [-0.2, -0.15) is 21.7 Å². The van der Waals surface area contributed by atoms with Gasteiger partial charge in [0.1, 0.15) is 18.2 Å². The molecule has 9 nitrogen and oxygen atoms in total. The van der Waals surface area contributed by atoms with Crippen LogP contribution in [0, 0.1) is 0 Å². The Morgan fingerprint density at radius 1 is 1.31 bits per heavy atom. The van der Waals surface area contributed by atoms with E-state index in [1.165, 1.54) is 18.1 Å². The van der Waals surface area contributed by atoms with E-state index in [1.54, 1.807) is 24.3 Å². The number of carboxylic acid groups (broad SMARTS) is 1. The van der Waals surface area contributed by atoms with Gasteiger partial charge in [-0.15, -0.1) is 0 Å². The number of nitrogens with one attached hydrogen (secondary N) is 1. The first kappa shape index (κ1) is 20.9. The molecule has 3 aromatic rings. The van der Waals surface area contributed by atoms with Crippen LogP contribution in [0.5, 0.6) is 0 Å². The summed E-state index contributed by atoms with van der Waals surface area (Å²) in [6, 6.07) is 7.65. The number of ether oxygens (including phenoxy) is 1. The summed E-state index contributed by atoms with van der Waals surface area (Å²) < 4.78 is 5.25. The monoisotopic (exact) mass is 435 g/mol. The number of imidazole rings is 1. The number of aromatic nitrogens is 4. The lowest BCUT2D eigenvalue weighted by molar-refractivity contribution is -0.138. The number of benzene rings is 1. The van der Waals surface area contributed by atoms with Crippen LogP contribution in [0.4, 0.5) is 10.7 Å². The lowest BCUT2D eigenvalue weighted by Gasteiger charge is -2.26. The molecule has 2 aromatic heterocycles. The summed E-state index contributed by atoms with van der Waals surface area (Å²) in [4.78, 5) is 41.0. The highest BCUT2D eigenvalue weighted by Crippen LogP contribution is 2.24. The van der Waals surface area contributed by atoms with Crippen molar-refractivity contribution in [2.45, 2.75) is 12.5 Å². The predicted octanol–water partition coefficient (Wildman–Crippen LogP) is 3.01. The van der Waals surface area contributed by atoms with Gasteiger partial charge in [0.25, 0.3) is 0 Å². The lowest BCUT2D eigenvalue weighted by atomic mass is 10.1. The first-order chi connectivity index (χ1) is 14.0. The molecule has 2 N–H and O–H groups in total.